The summed E-state index contributed by atoms with van der Waals surface area (Å²) in [7, 11) is 0. The van der Waals surface area contributed by atoms with Crippen LogP contribution in [-0.4, -0.2) is 61.2 Å². The monoisotopic (exact) mass is 515 g/mol. The van der Waals surface area contributed by atoms with Crippen molar-refractivity contribution in [3.63, 3.8) is 0 Å². The molecule has 0 spiro atoms. The standard InChI is InChI=1S/C26H43O10/c1-23(2,3)19(28)32-13-14-15(34-20(29)24(4,5)6)16(35-21(30)25(7,8)9)17(18(27)33-14)36-22(31)26(10,11)12/h14-18H,13H2,1-12H3/t14-,15-,16+,17-,18-/m1/s1. The van der Waals surface area contributed by atoms with E-state index < -0.39 is 82.8 Å². The molecule has 1 heterocycles. The Morgan fingerprint density at radius 1 is 0.556 bits per heavy atom. The summed E-state index contributed by atoms with van der Waals surface area (Å²) in [6.45, 7) is 19.0. The molecule has 1 radical (unpaired) electrons. The van der Waals surface area contributed by atoms with Crippen molar-refractivity contribution in [3.05, 3.63) is 0 Å². The maximum absolute atomic E-state index is 13.1. The summed E-state index contributed by atoms with van der Waals surface area (Å²) in [5, 5.41) is 13.1. The molecule has 1 aliphatic heterocycles. The van der Waals surface area contributed by atoms with Crippen molar-refractivity contribution in [2.45, 2.75) is 114 Å². The van der Waals surface area contributed by atoms with Gasteiger partial charge in [0.05, 0.1) is 21.7 Å². The van der Waals surface area contributed by atoms with Gasteiger partial charge in [0.1, 0.15) is 12.7 Å². The fourth-order valence-corrected chi connectivity index (χ4v) is 2.69. The predicted octanol–water partition coefficient (Wildman–Crippen LogP) is 3.60. The van der Waals surface area contributed by atoms with Crippen LogP contribution in [0.5, 0.6) is 0 Å². The SMILES string of the molecule is CC(C)(C)C(=O)OC[C@H]1O[C@@H]([O])[C@H](OC(=O)C(C)(C)C)[C@@H](OC(=O)C(C)(C)C)[C@@H]1OC(=O)C(C)(C)C. The van der Waals surface area contributed by atoms with Gasteiger partial charge in [0, 0.05) is 0 Å². The number of esters is 4. The van der Waals surface area contributed by atoms with E-state index in [2.05, 4.69) is 0 Å². The summed E-state index contributed by atoms with van der Waals surface area (Å²) in [5.74, 6) is -2.68. The van der Waals surface area contributed by atoms with Crippen LogP contribution in [0.15, 0.2) is 0 Å². The Labute approximate surface area is 214 Å². The minimum absolute atomic E-state index is 0.444. The number of hydrogen-bond acceptors (Lipinski definition) is 9. The van der Waals surface area contributed by atoms with Crippen molar-refractivity contribution in [2.24, 2.45) is 21.7 Å². The molecule has 0 aliphatic carbocycles. The van der Waals surface area contributed by atoms with Crippen LogP contribution in [-0.2, 0) is 48.0 Å². The minimum Gasteiger partial charge on any atom is -0.462 e. The molecule has 1 fully saturated rings. The average molecular weight is 516 g/mol. The van der Waals surface area contributed by atoms with Crippen LogP contribution in [0, 0.1) is 21.7 Å². The molecule has 0 aromatic heterocycles. The Kier molecular flexibility index (Phi) is 9.77. The fraction of sp³-hybridized carbons (Fsp3) is 0.846. The number of carbonyl (C=O) groups is 4. The topological polar surface area (TPSA) is 134 Å². The number of hydrogen-bond donors (Lipinski definition) is 0. The van der Waals surface area contributed by atoms with Crippen LogP contribution in [0.2, 0.25) is 0 Å². The highest BCUT2D eigenvalue weighted by atomic mass is 16.7. The molecule has 1 aliphatic rings. The van der Waals surface area contributed by atoms with E-state index in [-0.39, 0.29) is 0 Å². The van der Waals surface area contributed by atoms with E-state index in [1.807, 2.05) is 0 Å². The van der Waals surface area contributed by atoms with Crippen molar-refractivity contribution >= 4 is 23.9 Å². The van der Waals surface area contributed by atoms with Crippen LogP contribution in [0.3, 0.4) is 0 Å². The summed E-state index contributed by atoms with van der Waals surface area (Å²) in [4.78, 5) is 50.8. The van der Waals surface area contributed by atoms with Gasteiger partial charge in [0.15, 0.2) is 18.3 Å². The third-order valence-electron chi connectivity index (χ3n) is 5.15. The van der Waals surface area contributed by atoms with Crippen molar-refractivity contribution < 1.29 is 48.0 Å². The lowest BCUT2D eigenvalue weighted by atomic mass is 9.93. The second-order valence-electron chi connectivity index (χ2n) is 13.3. The third-order valence-corrected chi connectivity index (χ3v) is 5.15. The molecule has 0 saturated carbocycles. The van der Waals surface area contributed by atoms with Gasteiger partial charge in [0.25, 0.3) is 0 Å². The molecule has 1 rings (SSSR count). The molecule has 0 N–H and O–H groups in total. The summed E-state index contributed by atoms with van der Waals surface area (Å²) >= 11 is 0. The first kappa shape index (κ1) is 31.8. The van der Waals surface area contributed by atoms with E-state index in [9.17, 15) is 24.3 Å². The van der Waals surface area contributed by atoms with Crippen molar-refractivity contribution in [1.82, 2.24) is 0 Å². The summed E-state index contributed by atoms with van der Waals surface area (Å²) in [6.07, 6.45) is -7.78. The Morgan fingerprint density at radius 3 is 1.25 bits per heavy atom. The van der Waals surface area contributed by atoms with Crippen LogP contribution in [0.4, 0.5) is 0 Å². The van der Waals surface area contributed by atoms with Gasteiger partial charge < -0.3 is 23.7 Å². The number of rotatable bonds is 5. The highest BCUT2D eigenvalue weighted by Gasteiger charge is 2.54. The van der Waals surface area contributed by atoms with Crippen LogP contribution < -0.4 is 0 Å². The van der Waals surface area contributed by atoms with E-state index >= 15 is 0 Å². The largest absolute Gasteiger partial charge is 0.462 e. The summed E-state index contributed by atoms with van der Waals surface area (Å²) in [6, 6.07) is 0. The van der Waals surface area contributed by atoms with Gasteiger partial charge in [0.2, 0.25) is 6.29 Å². The first-order valence-corrected chi connectivity index (χ1v) is 12.1. The Balaban J connectivity index is 3.50. The van der Waals surface area contributed by atoms with E-state index in [4.69, 9.17) is 23.7 Å². The van der Waals surface area contributed by atoms with E-state index in [1.165, 1.54) is 0 Å². The second-order valence-corrected chi connectivity index (χ2v) is 13.3. The maximum Gasteiger partial charge on any atom is 0.311 e. The molecule has 207 valence electrons. The zero-order chi connectivity index (χ0) is 28.4. The Hall–Kier alpha value is -2.20. The minimum atomic E-state index is -2.00. The molecule has 0 aromatic carbocycles. The Morgan fingerprint density at radius 2 is 0.889 bits per heavy atom. The van der Waals surface area contributed by atoms with E-state index in [0.717, 1.165) is 0 Å². The van der Waals surface area contributed by atoms with Crippen molar-refractivity contribution in [3.8, 4) is 0 Å². The van der Waals surface area contributed by atoms with Gasteiger partial charge >= 0.3 is 23.9 Å². The van der Waals surface area contributed by atoms with Gasteiger partial charge in [-0.3, -0.25) is 19.2 Å². The lowest BCUT2D eigenvalue weighted by Gasteiger charge is -2.44. The van der Waals surface area contributed by atoms with E-state index in [0.29, 0.717) is 0 Å². The molecule has 0 bridgehead atoms. The smallest absolute Gasteiger partial charge is 0.311 e. The molecule has 5 atom stereocenters. The molecule has 10 nitrogen and oxygen atoms in total. The highest BCUT2D eigenvalue weighted by Crippen LogP contribution is 2.33. The molecule has 10 heteroatoms. The lowest BCUT2D eigenvalue weighted by Crippen LogP contribution is -2.63. The van der Waals surface area contributed by atoms with Crippen molar-refractivity contribution in [1.29, 1.82) is 0 Å². The summed E-state index contributed by atoms with van der Waals surface area (Å²) < 4.78 is 27.7. The van der Waals surface area contributed by atoms with Crippen LogP contribution in [0.25, 0.3) is 0 Å². The number of ether oxygens (including phenoxy) is 5. The molecule has 0 amide bonds. The van der Waals surface area contributed by atoms with E-state index in [1.54, 1.807) is 83.1 Å². The average Bonchev–Trinajstić information content (AvgIpc) is 2.67. The van der Waals surface area contributed by atoms with Gasteiger partial charge in [-0.25, -0.2) is 0 Å². The fourth-order valence-electron chi connectivity index (χ4n) is 2.69. The number of carbonyl (C=O) groups excluding carboxylic acids is 4. The molecular weight excluding hydrogens is 472 g/mol. The Bertz CT molecular complexity index is 820. The zero-order valence-corrected chi connectivity index (χ0v) is 23.7. The molecule has 1 saturated heterocycles. The van der Waals surface area contributed by atoms with Crippen LogP contribution >= 0.6 is 0 Å². The van der Waals surface area contributed by atoms with Crippen LogP contribution in [0.1, 0.15) is 83.1 Å². The second kappa shape index (κ2) is 11.0. The molecule has 0 unspecified atom stereocenters. The van der Waals surface area contributed by atoms with Gasteiger partial charge in [-0.15, -0.1) is 0 Å². The highest BCUT2D eigenvalue weighted by molar-refractivity contribution is 5.78. The first-order chi connectivity index (χ1) is 16.0. The van der Waals surface area contributed by atoms with Gasteiger partial charge in [-0.05, 0) is 83.1 Å². The zero-order valence-electron chi connectivity index (χ0n) is 23.7. The lowest BCUT2D eigenvalue weighted by molar-refractivity contribution is -0.314. The van der Waals surface area contributed by atoms with Gasteiger partial charge in [-0.2, -0.15) is 5.11 Å². The van der Waals surface area contributed by atoms with Gasteiger partial charge in [-0.1, -0.05) is 0 Å². The summed E-state index contributed by atoms with van der Waals surface area (Å²) in [5.41, 5.74) is -3.76. The van der Waals surface area contributed by atoms with Crippen molar-refractivity contribution in [2.75, 3.05) is 6.61 Å². The predicted molar refractivity (Wildman–Crippen MR) is 128 cm³/mol. The molecule has 36 heavy (non-hydrogen) atoms. The molecule has 0 aromatic rings. The molecular formula is C26H43O10. The third kappa shape index (κ3) is 8.73. The first-order valence-electron chi connectivity index (χ1n) is 12.1. The normalized spacial score (nSPS) is 25.5. The maximum atomic E-state index is 13.1. The quantitative estimate of drug-likeness (QED) is 0.397.